The van der Waals surface area contributed by atoms with E-state index in [1.807, 2.05) is 0 Å². The second-order valence-corrected chi connectivity index (χ2v) is 5.34. The highest BCUT2D eigenvalue weighted by atomic mass is 16.5. The highest BCUT2D eigenvalue weighted by Crippen LogP contribution is 2.49. The number of hydrogen-bond donors (Lipinski definition) is 1. The predicted octanol–water partition coefficient (Wildman–Crippen LogP) is 2.05. The van der Waals surface area contributed by atoms with E-state index in [0.717, 1.165) is 31.1 Å². The Labute approximate surface area is 102 Å². The molecular formula is C14H19NO2. The molecule has 3 heteroatoms. The van der Waals surface area contributed by atoms with E-state index in [0.29, 0.717) is 12.0 Å². The zero-order chi connectivity index (χ0) is 11.9. The Kier molecular flexibility index (Phi) is 2.51. The second kappa shape index (κ2) is 3.91. The van der Waals surface area contributed by atoms with Gasteiger partial charge in [0.25, 0.3) is 0 Å². The zero-order valence-corrected chi connectivity index (χ0v) is 10.3. The molecule has 92 valence electrons. The summed E-state index contributed by atoms with van der Waals surface area (Å²) >= 11 is 0. The molecule has 2 N–H and O–H groups in total. The van der Waals surface area contributed by atoms with Crippen LogP contribution in [-0.4, -0.2) is 19.8 Å². The maximum Gasteiger partial charge on any atom is 0.161 e. The summed E-state index contributed by atoms with van der Waals surface area (Å²) in [5.74, 6) is 1.79. The van der Waals surface area contributed by atoms with E-state index in [1.54, 1.807) is 0 Å². The third-order valence-corrected chi connectivity index (χ3v) is 3.84. The maximum absolute atomic E-state index is 5.90. The van der Waals surface area contributed by atoms with Gasteiger partial charge in [0.2, 0.25) is 0 Å². The molecule has 1 heterocycles. The largest absolute Gasteiger partial charge is 0.489 e. The molecular weight excluding hydrogens is 214 g/mol. The molecule has 3 rings (SSSR count). The topological polar surface area (TPSA) is 44.5 Å². The summed E-state index contributed by atoms with van der Waals surface area (Å²) < 4.78 is 11.8. The number of benzene rings is 1. The Bertz CT molecular complexity index is 438. The molecule has 17 heavy (non-hydrogen) atoms. The van der Waals surface area contributed by atoms with Crippen molar-refractivity contribution in [2.24, 2.45) is 11.1 Å². The van der Waals surface area contributed by atoms with Crippen molar-refractivity contribution in [1.82, 2.24) is 0 Å². The van der Waals surface area contributed by atoms with E-state index < -0.39 is 0 Å². The van der Waals surface area contributed by atoms with Gasteiger partial charge in [-0.25, -0.2) is 0 Å². The first-order chi connectivity index (χ1) is 8.22. The Morgan fingerprint density at radius 2 is 1.82 bits per heavy atom. The summed E-state index contributed by atoms with van der Waals surface area (Å²) in [6.45, 7) is 4.37. The molecule has 2 aliphatic rings. The van der Waals surface area contributed by atoms with Crippen molar-refractivity contribution in [2.75, 3.05) is 19.8 Å². The summed E-state index contributed by atoms with van der Waals surface area (Å²) in [4.78, 5) is 0. The number of hydrogen-bond acceptors (Lipinski definition) is 3. The summed E-state index contributed by atoms with van der Waals surface area (Å²) in [6, 6.07) is 4.18. The van der Waals surface area contributed by atoms with Crippen LogP contribution in [-0.2, 0) is 6.42 Å². The van der Waals surface area contributed by atoms with Crippen LogP contribution in [0.3, 0.4) is 0 Å². The molecule has 0 radical (unpaired) electrons. The quantitative estimate of drug-likeness (QED) is 0.850. The molecule has 0 bridgehead atoms. The van der Waals surface area contributed by atoms with E-state index >= 15 is 0 Å². The summed E-state index contributed by atoms with van der Waals surface area (Å²) in [5, 5.41) is 0. The Morgan fingerprint density at radius 3 is 2.41 bits per heavy atom. The number of nitrogens with two attached hydrogens (primary N) is 1. The van der Waals surface area contributed by atoms with Crippen molar-refractivity contribution in [3.63, 3.8) is 0 Å². The fraction of sp³-hybridized carbons (Fsp3) is 0.571. The molecule has 0 amide bonds. The minimum Gasteiger partial charge on any atom is -0.489 e. The maximum atomic E-state index is 5.90. The first-order valence-electron chi connectivity index (χ1n) is 6.32. The lowest BCUT2D eigenvalue weighted by atomic mass is 10.0. The summed E-state index contributed by atoms with van der Waals surface area (Å²) in [7, 11) is 0. The average Bonchev–Trinajstić information content (AvgIpc) is 3.10. The van der Waals surface area contributed by atoms with Crippen molar-refractivity contribution in [1.29, 1.82) is 0 Å². The normalized spacial score (nSPS) is 20.1. The van der Waals surface area contributed by atoms with Gasteiger partial charge in [-0.05, 0) is 56.0 Å². The molecule has 0 atom stereocenters. The lowest BCUT2D eigenvalue weighted by Crippen LogP contribution is -2.17. The molecule has 0 aromatic heterocycles. The number of rotatable bonds is 2. The van der Waals surface area contributed by atoms with Gasteiger partial charge in [0, 0.05) is 5.41 Å². The lowest BCUT2D eigenvalue weighted by molar-refractivity contribution is 0.197. The molecule has 1 aliphatic heterocycles. The minimum atomic E-state index is 0.307. The lowest BCUT2D eigenvalue weighted by Gasteiger charge is -2.11. The monoisotopic (exact) mass is 233 g/mol. The number of aryl methyl sites for hydroxylation is 1. The van der Waals surface area contributed by atoms with Crippen molar-refractivity contribution < 1.29 is 9.47 Å². The van der Waals surface area contributed by atoms with E-state index in [1.165, 1.54) is 24.0 Å². The van der Waals surface area contributed by atoms with Gasteiger partial charge in [0.05, 0.1) is 13.2 Å². The summed E-state index contributed by atoms with van der Waals surface area (Å²) in [6.07, 6.45) is 3.36. The number of fused-ring (bicyclic) bond motifs is 1. The first-order valence-corrected chi connectivity index (χ1v) is 6.32. The smallest absolute Gasteiger partial charge is 0.161 e. The third kappa shape index (κ3) is 2.00. The molecule has 1 aliphatic carbocycles. The Balaban J connectivity index is 1.90. The van der Waals surface area contributed by atoms with E-state index in [4.69, 9.17) is 15.2 Å². The zero-order valence-electron chi connectivity index (χ0n) is 10.3. The highest BCUT2D eigenvalue weighted by Gasteiger charge is 2.46. The van der Waals surface area contributed by atoms with Crippen LogP contribution in [0.1, 0.15) is 24.0 Å². The van der Waals surface area contributed by atoms with Crippen LogP contribution in [0.5, 0.6) is 11.5 Å². The van der Waals surface area contributed by atoms with Gasteiger partial charge in [0.15, 0.2) is 11.5 Å². The van der Waals surface area contributed by atoms with Gasteiger partial charge in [-0.1, -0.05) is 0 Å². The highest BCUT2D eigenvalue weighted by molar-refractivity contribution is 5.47. The van der Waals surface area contributed by atoms with Gasteiger partial charge < -0.3 is 15.2 Å². The van der Waals surface area contributed by atoms with Crippen LogP contribution in [0.2, 0.25) is 0 Å². The SMILES string of the molecule is Cc1cc2c(cc1CCN)OCC1(CC1)CO2. The fourth-order valence-electron chi connectivity index (χ4n) is 2.32. The Morgan fingerprint density at radius 1 is 1.18 bits per heavy atom. The van der Waals surface area contributed by atoms with Gasteiger partial charge >= 0.3 is 0 Å². The van der Waals surface area contributed by atoms with Crippen LogP contribution >= 0.6 is 0 Å². The van der Waals surface area contributed by atoms with Gasteiger partial charge in [-0.3, -0.25) is 0 Å². The van der Waals surface area contributed by atoms with Crippen molar-refractivity contribution in [3.05, 3.63) is 23.3 Å². The van der Waals surface area contributed by atoms with E-state index in [2.05, 4.69) is 19.1 Å². The van der Waals surface area contributed by atoms with E-state index in [-0.39, 0.29) is 0 Å². The minimum absolute atomic E-state index is 0.307. The van der Waals surface area contributed by atoms with Crippen LogP contribution in [0.25, 0.3) is 0 Å². The van der Waals surface area contributed by atoms with E-state index in [9.17, 15) is 0 Å². The predicted molar refractivity (Wildman–Crippen MR) is 66.6 cm³/mol. The molecule has 0 saturated heterocycles. The molecule has 1 spiro atoms. The van der Waals surface area contributed by atoms with Crippen LogP contribution in [0.15, 0.2) is 12.1 Å². The Hall–Kier alpha value is -1.22. The standard InChI is InChI=1S/C14H19NO2/c1-10-6-12-13(7-11(10)2-5-15)17-9-14(3-4-14)8-16-12/h6-7H,2-5,8-9,15H2,1H3. The number of ether oxygens (including phenoxy) is 2. The molecule has 1 fully saturated rings. The van der Waals surface area contributed by atoms with Crippen molar-refractivity contribution in [3.8, 4) is 11.5 Å². The van der Waals surface area contributed by atoms with Crippen molar-refractivity contribution >= 4 is 0 Å². The van der Waals surface area contributed by atoms with Gasteiger partial charge in [0.1, 0.15) is 0 Å². The molecule has 0 unspecified atom stereocenters. The molecule has 1 saturated carbocycles. The first kappa shape index (κ1) is 10.9. The average molecular weight is 233 g/mol. The van der Waals surface area contributed by atoms with Gasteiger partial charge in [-0.2, -0.15) is 0 Å². The second-order valence-electron chi connectivity index (χ2n) is 5.34. The van der Waals surface area contributed by atoms with Crippen LogP contribution in [0, 0.1) is 12.3 Å². The fourth-order valence-corrected chi connectivity index (χ4v) is 2.32. The van der Waals surface area contributed by atoms with Gasteiger partial charge in [-0.15, -0.1) is 0 Å². The van der Waals surface area contributed by atoms with Crippen molar-refractivity contribution in [2.45, 2.75) is 26.2 Å². The summed E-state index contributed by atoms with van der Waals surface area (Å²) in [5.41, 5.74) is 8.43. The molecule has 1 aromatic rings. The third-order valence-electron chi connectivity index (χ3n) is 3.84. The van der Waals surface area contributed by atoms with Crippen LogP contribution < -0.4 is 15.2 Å². The molecule has 1 aromatic carbocycles. The van der Waals surface area contributed by atoms with Crippen LogP contribution in [0.4, 0.5) is 0 Å². The molecule has 3 nitrogen and oxygen atoms in total.